The molecule has 1 heterocycles. The van der Waals surface area contributed by atoms with Crippen LogP contribution in [-0.2, 0) is 9.53 Å². The third kappa shape index (κ3) is 2.07. The van der Waals surface area contributed by atoms with Crippen molar-refractivity contribution in [3.05, 3.63) is 28.7 Å². The highest BCUT2D eigenvalue weighted by Crippen LogP contribution is 2.17. The molecule has 0 saturated carbocycles. The van der Waals surface area contributed by atoms with E-state index >= 15 is 0 Å². The standard InChI is InChI=1S/C10H10BrNO2/c11-7-1-3-8(4-2-7)12-9-5-6-14-10(9)13/h1-4,9,12H,5-6H2/t9-/m1/s1. The average Bonchev–Trinajstić information content (AvgIpc) is 2.56. The zero-order valence-electron chi connectivity index (χ0n) is 7.50. The minimum Gasteiger partial charge on any atom is -0.464 e. The van der Waals surface area contributed by atoms with Crippen LogP contribution in [-0.4, -0.2) is 18.6 Å². The molecule has 0 spiro atoms. The molecule has 0 aromatic heterocycles. The van der Waals surface area contributed by atoms with Gasteiger partial charge in [0.15, 0.2) is 0 Å². The number of esters is 1. The van der Waals surface area contributed by atoms with Crippen molar-refractivity contribution in [3.8, 4) is 0 Å². The number of carbonyl (C=O) groups excluding carboxylic acids is 1. The summed E-state index contributed by atoms with van der Waals surface area (Å²) < 4.78 is 5.88. The maximum Gasteiger partial charge on any atom is 0.328 e. The molecule has 1 N–H and O–H groups in total. The summed E-state index contributed by atoms with van der Waals surface area (Å²) in [5, 5.41) is 3.12. The van der Waals surface area contributed by atoms with Gasteiger partial charge in [-0.25, -0.2) is 4.79 Å². The molecule has 0 radical (unpaired) electrons. The molecule has 1 fully saturated rings. The summed E-state index contributed by atoms with van der Waals surface area (Å²) in [6.07, 6.45) is 0.745. The van der Waals surface area contributed by atoms with Crippen molar-refractivity contribution in [2.75, 3.05) is 11.9 Å². The normalized spacial score (nSPS) is 20.6. The summed E-state index contributed by atoms with van der Waals surface area (Å²) in [7, 11) is 0. The Bertz CT molecular complexity index is 336. The van der Waals surface area contributed by atoms with Gasteiger partial charge in [0.2, 0.25) is 0 Å². The Labute approximate surface area is 90.6 Å². The second kappa shape index (κ2) is 4.00. The van der Waals surface area contributed by atoms with Crippen LogP contribution < -0.4 is 5.32 Å². The van der Waals surface area contributed by atoms with Gasteiger partial charge in [-0.05, 0) is 24.3 Å². The lowest BCUT2D eigenvalue weighted by Gasteiger charge is -2.09. The maximum atomic E-state index is 11.2. The fourth-order valence-corrected chi connectivity index (χ4v) is 1.64. The van der Waals surface area contributed by atoms with Gasteiger partial charge < -0.3 is 10.1 Å². The van der Waals surface area contributed by atoms with Gasteiger partial charge in [-0.1, -0.05) is 15.9 Å². The van der Waals surface area contributed by atoms with E-state index in [1.807, 2.05) is 24.3 Å². The van der Waals surface area contributed by atoms with Crippen LogP contribution in [0.1, 0.15) is 6.42 Å². The largest absolute Gasteiger partial charge is 0.464 e. The highest BCUT2D eigenvalue weighted by atomic mass is 79.9. The molecule has 0 unspecified atom stereocenters. The van der Waals surface area contributed by atoms with E-state index in [1.54, 1.807) is 0 Å². The van der Waals surface area contributed by atoms with Gasteiger partial charge in [-0.15, -0.1) is 0 Å². The summed E-state index contributed by atoms with van der Waals surface area (Å²) in [4.78, 5) is 11.2. The second-order valence-electron chi connectivity index (χ2n) is 3.16. The summed E-state index contributed by atoms with van der Waals surface area (Å²) in [6, 6.07) is 7.53. The van der Waals surface area contributed by atoms with Crippen LogP contribution in [0.5, 0.6) is 0 Å². The summed E-state index contributed by atoms with van der Waals surface area (Å²) in [5.74, 6) is -0.159. The van der Waals surface area contributed by atoms with Crippen molar-refractivity contribution < 1.29 is 9.53 Å². The summed E-state index contributed by atoms with van der Waals surface area (Å²) >= 11 is 3.35. The quantitative estimate of drug-likeness (QED) is 0.824. The number of hydrogen-bond donors (Lipinski definition) is 1. The van der Waals surface area contributed by atoms with Crippen LogP contribution in [0.25, 0.3) is 0 Å². The number of carbonyl (C=O) groups is 1. The second-order valence-corrected chi connectivity index (χ2v) is 4.08. The molecule has 74 valence electrons. The molecule has 1 atom stereocenters. The molecule has 2 rings (SSSR count). The fourth-order valence-electron chi connectivity index (χ4n) is 1.37. The Hall–Kier alpha value is -1.03. The van der Waals surface area contributed by atoms with Gasteiger partial charge in [0.05, 0.1) is 6.61 Å². The molecule has 0 aliphatic carbocycles. The predicted molar refractivity (Wildman–Crippen MR) is 57.1 cm³/mol. The van der Waals surface area contributed by atoms with E-state index in [9.17, 15) is 4.79 Å². The highest BCUT2D eigenvalue weighted by Gasteiger charge is 2.25. The summed E-state index contributed by atoms with van der Waals surface area (Å²) in [5.41, 5.74) is 0.942. The van der Waals surface area contributed by atoms with Crippen molar-refractivity contribution in [2.24, 2.45) is 0 Å². The molecule has 1 aromatic rings. The number of benzene rings is 1. The van der Waals surface area contributed by atoms with Gasteiger partial charge in [-0.3, -0.25) is 0 Å². The zero-order chi connectivity index (χ0) is 9.97. The fraction of sp³-hybridized carbons (Fsp3) is 0.300. The molecule has 0 bridgehead atoms. The zero-order valence-corrected chi connectivity index (χ0v) is 9.08. The minimum absolute atomic E-state index is 0.159. The third-order valence-corrected chi connectivity index (χ3v) is 2.65. The molecule has 1 saturated heterocycles. The van der Waals surface area contributed by atoms with Gasteiger partial charge in [-0.2, -0.15) is 0 Å². The van der Waals surface area contributed by atoms with Crippen LogP contribution in [0.4, 0.5) is 5.69 Å². The lowest BCUT2D eigenvalue weighted by molar-refractivity contribution is -0.138. The first-order valence-electron chi connectivity index (χ1n) is 4.44. The Kier molecular flexibility index (Phi) is 2.72. The number of halogens is 1. The van der Waals surface area contributed by atoms with Crippen molar-refractivity contribution >= 4 is 27.6 Å². The number of anilines is 1. The van der Waals surface area contributed by atoms with E-state index in [1.165, 1.54) is 0 Å². The third-order valence-electron chi connectivity index (χ3n) is 2.12. The smallest absolute Gasteiger partial charge is 0.328 e. The van der Waals surface area contributed by atoms with Crippen LogP contribution in [0.15, 0.2) is 28.7 Å². The molecule has 0 amide bonds. The molecular weight excluding hydrogens is 246 g/mol. The Morgan fingerprint density at radius 1 is 1.36 bits per heavy atom. The SMILES string of the molecule is O=C1OCC[C@H]1Nc1ccc(Br)cc1. The highest BCUT2D eigenvalue weighted by molar-refractivity contribution is 9.10. The lowest BCUT2D eigenvalue weighted by Crippen LogP contribution is -2.24. The monoisotopic (exact) mass is 255 g/mol. The van der Waals surface area contributed by atoms with Crippen LogP contribution in [0.2, 0.25) is 0 Å². The number of cyclic esters (lactones) is 1. The van der Waals surface area contributed by atoms with Gasteiger partial charge >= 0.3 is 5.97 Å². The molecule has 3 nitrogen and oxygen atoms in total. The number of hydrogen-bond acceptors (Lipinski definition) is 3. The van der Waals surface area contributed by atoms with Crippen LogP contribution in [0, 0.1) is 0 Å². The first-order chi connectivity index (χ1) is 6.75. The topological polar surface area (TPSA) is 38.3 Å². The number of rotatable bonds is 2. The minimum atomic E-state index is -0.184. The molecule has 14 heavy (non-hydrogen) atoms. The van der Waals surface area contributed by atoms with E-state index in [2.05, 4.69) is 21.2 Å². The molecule has 1 aliphatic heterocycles. The van der Waals surface area contributed by atoms with Crippen molar-refractivity contribution in [1.29, 1.82) is 0 Å². The maximum absolute atomic E-state index is 11.2. The molecule has 1 aliphatic rings. The Morgan fingerprint density at radius 2 is 2.07 bits per heavy atom. The average molecular weight is 256 g/mol. The first kappa shape index (κ1) is 9.52. The van der Waals surface area contributed by atoms with E-state index in [0.717, 1.165) is 16.6 Å². The molecular formula is C10H10BrNO2. The van der Waals surface area contributed by atoms with Crippen LogP contribution >= 0.6 is 15.9 Å². The molecule has 1 aromatic carbocycles. The lowest BCUT2D eigenvalue weighted by atomic mass is 10.2. The van der Waals surface area contributed by atoms with Gasteiger partial charge in [0.1, 0.15) is 6.04 Å². The van der Waals surface area contributed by atoms with E-state index in [0.29, 0.717) is 6.61 Å². The van der Waals surface area contributed by atoms with E-state index in [4.69, 9.17) is 4.74 Å². The summed E-state index contributed by atoms with van der Waals surface area (Å²) in [6.45, 7) is 0.521. The number of nitrogens with one attached hydrogen (secondary N) is 1. The van der Waals surface area contributed by atoms with Gasteiger partial charge in [0.25, 0.3) is 0 Å². The molecule has 4 heteroatoms. The predicted octanol–water partition coefficient (Wildman–Crippen LogP) is 2.18. The Balaban J connectivity index is 2.03. The van der Waals surface area contributed by atoms with Crippen molar-refractivity contribution in [3.63, 3.8) is 0 Å². The van der Waals surface area contributed by atoms with E-state index in [-0.39, 0.29) is 12.0 Å². The van der Waals surface area contributed by atoms with Gasteiger partial charge in [0, 0.05) is 16.6 Å². The first-order valence-corrected chi connectivity index (χ1v) is 5.24. The Morgan fingerprint density at radius 3 is 2.64 bits per heavy atom. The van der Waals surface area contributed by atoms with E-state index < -0.39 is 0 Å². The van der Waals surface area contributed by atoms with Crippen molar-refractivity contribution in [2.45, 2.75) is 12.5 Å². The van der Waals surface area contributed by atoms with Crippen molar-refractivity contribution in [1.82, 2.24) is 0 Å². The number of ether oxygens (including phenoxy) is 1. The van der Waals surface area contributed by atoms with Crippen LogP contribution in [0.3, 0.4) is 0 Å².